The van der Waals surface area contributed by atoms with E-state index in [4.69, 9.17) is 4.74 Å². The molecule has 0 radical (unpaired) electrons. The van der Waals surface area contributed by atoms with Crippen LogP contribution >= 0.6 is 0 Å². The molecule has 2 atom stereocenters. The normalized spacial score (nSPS) is 17.9. The summed E-state index contributed by atoms with van der Waals surface area (Å²) in [6.07, 6.45) is -0.261. The first-order valence-electron chi connectivity index (χ1n) is 10.0. The van der Waals surface area contributed by atoms with E-state index in [1.165, 1.54) is 0 Å². The molecule has 6 heteroatoms. The van der Waals surface area contributed by atoms with E-state index in [1.807, 2.05) is 36.4 Å². The Labute approximate surface area is 179 Å². The largest absolute Gasteiger partial charge is 0.465 e. The van der Waals surface area contributed by atoms with Crippen LogP contribution in [0, 0.1) is 17.2 Å². The lowest BCUT2D eigenvalue weighted by Gasteiger charge is -2.29. The molecule has 31 heavy (non-hydrogen) atoms. The second-order valence-corrected chi connectivity index (χ2v) is 7.33. The third kappa shape index (κ3) is 3.15. The topological polar surface area (TPSA) is 87.5 Å². The number of carbonyl (C=O) groups is 3. The first-order chi connectivity index (χ1) is 15.0. The van der Waals surface area contributed by atoms with Gasteiger partial charge in [-0.2, -0.15) is 5.26 Å². The molecule has 0 aromatic heterocycles. The zero-order valence-electron chi connectivity index (χ0n) is 16.9. The van der Waals surface area contributed by atoms with Crippen LogP contribution in [0.5, 0.6) is 0 Å². The maximum Gasteiger partial charge on any atom is 0.331 e. The maximum absolute atomic E-state index is 13.6. The van der Waals surface area contributed by atoms with Crippen LogP contribution in [0.25, 0.3) is 10.8 Å². The van der Waals surface area contributed by atoms with Gasteiger partial charge in [0.2, 0.25) is 11.8 Å². The van der Waals surface area contributed by atoms with E-state index in [0.717, 1.165) is 15.7 Å². The van der Waals surface area contributed by atoms with E-state index in [1.54, 1.807) is 49.4 Å². The molecular weight excluding hydrogens is 392 g/mol. The molecule has 4 rings (SSSR count). The van der Waals surface area contributed by atoms with Gasteiger partial charge in [-0.05, 0) is 23.9 Å². The average Bonchev–Trinajstić information content (AvgIpc) is 3.09. The van der Waals surface area contributed by atoms with Gasteiger partial charge in [0, 0.05) is 11.8 Å². The Hall–Kier alpha value is -3.98. The molecule has 0 saturated carbocycles. The lowest BCUT2D eigenvalue weighted by molar-refractivity contribution is -0.151. The molecule has 1 aliphatic rings. The van der Waals surface area contributed by atoms with Gasteiger partial charge in [-0.15, -0.1) is 0 Å². The fourth-order valence-corrected chi connectivity index (χ4v) is 4.22. The summed E-state index contributed by atoms with van der Waals surface area (Å²) in [6, 6.07) is 23.2. The summed E-state index contributed by atoms with van der Waals surface area (Å²) in [4.78, 5) is 40.8. The molecule has 0 unspecified atom stereocenters. The number of ether oxygens (including phenoxy) is 1. The summed E-state index contributed by atoms with van der Waals surface area (Å²) in [6.45, 7) is 1.69. The van der Waals surface area contributed by atoms with Crippen LogP contribution in [0.2, 0.25) is 0 Å². The number of imide groups is 1. The second kappa shape index (κ2) is 8.04. The number of anilines is 1. The van der Waals surface area contributed by atoms with Gasteiger partial charge in [0.15, 0.2) is 5.41 Å². The summed E-state index contributed by atoms with van der Waals surface area (Å²) >= 11 is 0. The number of nitriles is 1. The van der Waals surface area contributed by atoms with Crippen LogP contribution in [0.3, 0.4) is 0 Å². The highest BCUT2D eigenvalue weighted by Crippen LogP contribution is 2.42. The van der Waals surface area contributed by atoms with Crippen LogP contribution in [0.15, 0.2) is 72.8 Å². The van der Waals surface area contributed by atoms with Crippen molar-refractivity contribution in [3.05, 3.63) is 78.4 Å². The van der Waals surface area contributed by atoms with E-state index >= 15 is 0 Å². The van der Waals surface area contributed by atoms with E-state index in [0.29, 0.717) is 11.3 Å². The summed E-state index contributed by atoms with van der Waals surface area (Å²) in [5, 5.41) is 11.8. The molecule has 1 fully saturated rings. The highest BCUT2D eigenvalue weighted by atomic mass is 16.5. The minimum Gasteiger partial charge on any atom is -0.465 e. The number of esters is 1. The van der Waals surface area contributed by atoms with E-state index in [9.17, 15) is 19.6 Å². The van der Waals surface area contributed by atoms with Gasteiger partial charge in [0.05, 0.1) is 24.3 Å². The van der Waals surface area contributed by atoms with Crippen molar-refractivity contribution in [3.8, 4) is 6.07 Å². The predicted molar refractivity (Wildman–Crippen MR) is 115 cm³/mol. The van der Waals surface area contributed by atoms with Crippen molar-refractivity contribution in [3.63, 3.8) is 0 Å². The van der Waals surface area contributed by atoms with Crippen LogP contribution in [0.4, 0.5) is 5.69 Å². The molecule has 1 saturated heterocycles. The van der Waals surface area contributed by atoms with Crippen molar-refractivity contribution in [2.45, 2.75) is 18.8 Å². The zero-order valence-corrected chi connectivity index (χ0v) is 16.9. The Bertz CT molecular complexity index is 1210. The molecule has 6 nitrogen and oxygen atoms in total. The number of benzene rings is 3. The minimum atomic E-state index is -1.91. The van der Waals surface area contributed by atoms with Gasteiger partial charge in [0.1, 0.15) is 0 Å². The molecule has 1 aliphatic heterocycles. The summed E-state index contributed by atoms with van der Waals surface area (Å²) < 4.78 is 5.22. The predicted octanol–water partition coefficient (Wildman–Crippen LogP) is 3.74. The van der Waals surface area contributed by atoms with Gasteiger partial charge in [-0.25, -0.2) is 9.69 Å². The van der Waals surface area contributed by atoms with Gasteiger partial charge < -0.3 is 4.74 Å². The van der Waals surface area contributed by atoms with Crippen LogP contribution in [0.1, 0.15) is 18.9 Å². The Morgan fingerprint density at radius 1 is 1.06 bits per heavy atom. The molecule has 0 N–H and O–H groups in total. The third-order valence-electron chi connectivity index (χ3n) is 5.68. The van der Waals surface area contributed by atoms with Crippen molar-refractivity contribution in [1.82, 2.24) is 0 Å². The number of nitrogens with zero attached hydrogens (tertiary/aromatic N) is 2. The fourth-order valence-electron chi connectivity index (χ4n) is 4.22. The number of carbonyl (C=O) groups excluding carboxylic acids is 3. The lowest BCUT2D eigenvalue weighted by atomic mass is 9.70. The monoisotopic (exact) mass is 412 g/mol. The number of hydrogen-bond acceptors (Lipinski definition) is 5. The highest BCUT2D eigenvalue weighted by molar-refractivity contribution is 6.25. The SMILES string of the molecule is CCOC(=O)[C@@](C#N)(c1ccccc1)[C@@H]1CC(=O)N(c2cccc3ccccc23)C1=O. The average molecular weight is 412 g/mol. The second-order valence-electron chi connectivity index (χ2n) is 7.33. The van der Waals surface area contributed by atoms with Crippen LogP contribution in [-0.2, 0) is 24.5 Å². The van der Waals surface area contributed by atoms with Gasteiger partial charge in [-0.1, -0.05) is 66.7 Å². The molecule has 3 aromatic rings. The standard InChI is InChI=1S/C25H20N2O4/c1-2-31-24(30)25(16-26,18-11-4-3-5-12-18)20-15-22(28)27(23(20)29)21-14-8-10-17-9-6-7-13-19(17)21/h3-14,20H,2,15H2,1H3/t20-,25+/m1/s1. The quantitative estimate of drug-likeness (QED) is 0.471. The number of hydrogen-bond donors (Lipinski definition) is 0. The Morgan fingerprint density at radius 2 is 1.74 bits per heavy atom. The van der Waals surface area contributed by atoms with Crippen LogP contribution in [-0.4, -0.2) is 24.4 Å². The molecular formula is C25H20N2O4. The van der Waals surface area contributed by atoms with E-state index < -0.39 is 29.1 Å². The zero-order chi connectivity index (χ0) is 22.0. The summed E-state index contributed by atoms with van der Waals surface area (Å²) in [5.41, 5.74) is -1.13. The Morgan fingerprint density at radius 3 is 2.45 bits per heavy atom. The molecule has 2 amide bonds. The summed E-state index contributed by atoms with van der Waals surface area (Å²) in [7, 11) is 0. The molecule has 0 aliphatic carbocycles. The van der Waals surface area contributed by atoms with Crippen molar-refractivity contribution >= 4 is 34.2 Å². The Balaban J connectivity index is 1.85. The van der Waals surface area contributed by atoms with Gasteiger partial charge in [0.25, 0.3) is 0 Å². The smallest absolute Gasteiger partial charge is 0.331 e. The van der Waals surface area contributed by atoms with Gasteiger partial charge in [-0.3, -0.25) is 9.59 Å². The third-order valence-corrected chi connectivity index (χ3v) is 5.68. The molecule has 3 aromatic carbocycles. The lowest BCUT2D eigenvalue weighted by Crippen LogP contribution is -2.47. The fraction of sp³-hybridized carbons (Fsp3) is 0.200. The highest BCUT2D eigenvalue weighted by Gasteiger charge is 2.58. The maximum atomic E-state index is 13.6. The number of fused-ring (bicyclic) bond motifs is 1. The van der Waals surface area contributed by atoms with Crippen molar-refractivity contribution < 1.29 is 19.1 Å². The first kappa shape index (κ1) is 20.3. The molecule has 1 heterocycles. The van der Waals surface area contributed by atoms with Crippen molar-refractivity contribution in [1.29, 1.82) is 5.26 Å². The Kier molecular flexibility index (Phi) is 5.26. The first-order valence-corrected chi connectivity index (χ1v) is 10.0. The van der Waals surface area contributed by atoms with E-state index in [-0.39, 0.29) is 13.0 Å². The van der Waals surface area contributed by atoms with E-state index in [2.05, 4.69) is 0 Å². The molecule has 0 spiro atoms. The number of amides is 2. The number of rotatable bonds is 5. The molecule has 154 valence electrons. The summed E-state index contributed by atoms with van der Waals surface area (Å²) in [5.74, 6) is -3.05. The van der Waals surface area contributed by atoms with Crippen molar-refractivity contribution in [2.24, 2.45) is 5.92 Å². The minimum absolute atomic E-state index is 0.0526. The van der Waals surface area contributed by atoms with Gasteiger partial charge >= 0.3 is 5.97 Å². The molecule has 0 bridgehead atoms. The van der Waals surface area contributed by atoms with Crippen molar-refractivity contribution in [2.75, 3.05) is 11.5 Å². The van der Waals surface area contributed by atoms with Crippen LogP contribution < -0.4 is 4.90 Å².